The third-order valence-corrected chi connectivity index (χ3v) is 8.01. The van der Waals surface area contributed by atoms with Gasteiger partial charge in [0.15, 0.2) is 0 Å². The topological polar surface area (TPSA) is 115 Å². The molecule has 254 valence electrons. The molecule has 8 nitrogen and oxygen atoms in total. The van der Waals surface area contributed by atoms with Crippen LogP contribution in [0.2, 0.25) is 0 Å². The lowest BCUT2D eigenvalue weighted by molar-refractivity contribution is -0.150. The van der Waals surface area contributed by atoms with Crippen LogP contribution in [0.4, 0.5) is 36.8 Å². The molecule has 1 unspecified atom stereocenters. The molecule has 1 fully saturated rings. The fourth-order valence-electron chi connectivity index (χ4n) is 5.28. The summed E-state index contributed by atoms with van der Waals surface area (Å²) in [7, 11) is 0. The predicted molar refractivity (Wildman–Crippen MR) is 162 cm³/mol. The van der Waals surface area contributed by atoms with Gasteiger partial charge >= 0.3 is 12.3 Å². The van der Waals surface area contributed by atoms with Crippen molar-refractivity contribution >= 4 is 17.7 Å². The number of morpholine rings is 1. The van der Waals surface area contributed by atoms with E-state index in [-0.39, 0.29) is 30.8 Å². The number of hydrogen-bond donors (Lipinski definition) is 4. The number of nitrogens with one attached hydrogen (secondary N) is 3. The van der Waals surface area contributed by atoms with E-state index in [0.29, 0.717) is 17.5 Å². The minimum atomic E-state index is -4.60. The van der Waals surface area contributed by atoms with Crippen molar-refractivity contribution < 1.29 is 45.4 Å². The molecule has 2 amide bonds. The van der Waals surface area contributed by atoms with Crippen LogP contribution in [-0.4, -0.2) is 61.7 Å². The Hall–Kier alpha value is -4.14. The normalized spacial score (nSPS) is 19.6. The van der Waals surface area contributed by atoms with Gasteiger partial charge in [0.2, 0.25) is 5.91 Å². The van der Waals surface area contributed by atoms with Crippen molar-refractivity contribution in [3.05, 3.63) is 101 Å². The molecule has 3 aromatic rings. The summed E-state index contributed by atoms with van der Waals surface area (Å²) in [5.74, 6) is -2.94. The van der Waals surface area contributed by atoms with Gasteiger partial charge in [0.25, 0.3) is 0 Å². The van der Waals surface area contributed by atoms with E-state index in [2.05, 4.69) is 10.6 Å². The van der Waals surface area contributed by atoms with Crippen LogP contribution in [0.25, 0.3) is 0 Å². The van der Waals surface area contributed by atoms with Crippen molar-refractivity contribution in [1.82, 2.24) is 10.6 Å². The quantitative estimate of drug-likeness (QED) is 0.200. The first kappa shape index (κ1) is 35.7. The van der Waals surface area contributed by atoms with Gasteiger partial charge in [-0.3, -0.25) is 4.79 Å². The zero-order valence-corrected chi connectivity index (χ0v) is 25.6. The molecule has 14 heteroatoms. The van der Waals surface area contributed by atoms with E-state index in [1.165, 1.54) is 66.7 Å². The summed E-state index contributed by atoms with van der Waals surface area (Å²) < 4.78 is 91.3. The Bertz CT molecular complexity index is 1460. The minimum absolute atomic E-state index is 0.162. The van der Waals surface area contributed by atoms with Gasteiger partial charge in [0, 0.05) is 23.7 Å². The Labute approximate surface area is 268 Å². The Balaban J connectivity index is 1.37. The van der Waals surface area contributed by atoms with Crippen LogP contribution in [0.15, 0.2) is 66.7 Å². The van der Waals surface area contributed by atoms with E-state index < -0.39 is 71.9 Å². The van der Waals surface area contributed by atoms with Gasteiger partial charge in [-0.1, -0.05) is 30.3 Å². The molecule has 0 radical (unpaired) electrons. The maximum absolute atomic E-state index is 15.1. The van der Waals surface area contributed by atoms with Crippen LogP contribution < -0.4 is 21.7 Å². The maximum atomic E-state index is 15.1. The Morgan fingerprint density at radius 2 is 1.60 bits per heavy atom. The number of carbonyl (C=O) groups is 2. The number of alkyl carbamates (subject to hydrolysis) is 1. The van der Waals surface area contributed by atoms with Gasteiger partial charge in [0.05, 0.1) is 24.3 Å². The molecule has 0 aliphatic carbocycles. The number of carbonyl (C=O) groups excluding carboxylic acids is 2. The fraction of sp³-hybridized carbons (Fsp3) is 0.394. The van der Waals surface area contributed by atoms with Gasteiger partial charge in [-0.15, -0.1) is 0 Å². The summed E-state index contributed by atoms with van der Waals surface area (Å²) in [6.45, 7) is 2.57. The summed E-state index contributed by atoms with van der Waals surface area (Å²) in [5, 5.41) is 7.58. The highest BCUT2D eigenvalue weighted by molar-refractivity contribution is 5.96. The number of anilines is 1. The molecule has 0 bridgehead atoms. The lowest BCUT2D eigenvalue weighted by atomic mass is 9.85. The van der Waals surface area contributed by atoms with Crippen molar-refractivity contribution in [3.8, 4) is 0 Å². The van der Waals surface area contributed by atoms with E-state index in [9.17, 15) is 31.5 Å². The first-order valence-corrected chi connectivity index (χ1v) is 15.0. The molecule has 5 atom stereocenters. The largest absolute Gasteiger partial charge is 0.448 e. The average molecular weight is 667 g/mol. The Morgan fingerprint density at radius 1 is 1.00 bits per heavy atom. The second kappa shape index (κ2) is 15.6. The van der Waals surface area contributed by atoms with Crippen LogP contribution in [0.3, 0.4) is 0 Å². The second-order valence-electron chi connectivity index (χ2n) is 11.4. The zero-order chi connectivity index (χ0) is 34.3. The monoisotopic (exact) mass is 666 g/mol. The molecule has 3 aromatic carbocycles. The van der Waals surface area contributed by atoms with E-state index in [0.717, 1.165) is 6.92 Å². The molecule has 1 heterocycles. The summed E-state index contributed by atoms with van der Waals surface area (Å²) in [4.78, 5) is 25.2. The molecule has 0 saturated carbocycles. The average Bonchev–Trinajstić information content (AvgIpc) is 3.01. The standard InChI is InChI=1S/C33H36F6N4O4/c1-18-28(17-46-32(45)42-19(2)33(37,38)39)41-16-24(47-18)14-15-25-26(36)4-3-5-27(25)43-31(44)30(40)29(20-6-10-22(34)11-7-20)21-8-12-23(35)13-9-21/h3-13,18-19,24,28-30,41H,14-17,40H2,1-2H3,(H,42,45)(H,43,44)/t18-,19+,24+,28+,30?/m0/s1. The number of rotatable bonds is 11. The van der Waals surface area contributed by atoms with E-state index in [1.54, 1.807) is 12.2 Å². The number of hydrogen-bond acceptors (Lipinski definition) is 6. The van der Waals surface area contributed by atoms with Gasteiger partial charge in [-0.2, -0.15) is 13.2 Å². The predicted octanol–water partition coefficient (Wildman–Crippen LogP) is 5.56. The van der Waals surface area contributed by atoms with E-state index >= 15 is 4.39 Å². The SMILES string of the molecule is C[C@@H]1O[C@H](CCc2c(F)cccc2NC(=O)C(N)C(c2ccc(F)cc2)c2ccc(F)cc2)CN[C@@H]1COC(=O)N[C@H](C)C(F)(F)F. The van der Waals surface area contributed by atoms with Crippen LogP contribution in [0, 0.1) is 17.5 Å². The fourth-order valence-corrected chi connectivity index (χ4v) is 5.28. The first-order valence-electron chi connectivity index (χ1n) is 15.0. The summed E-state index contributed by atoms with van der Waals surface area (Å²) in [5.41, 5.74) is 7.90. The lowest BCUT2D eigenvalue weighted by Gasteiger charge is -2.35. The van der Waals surface area contributed by atoms with Crippen molar-refractivity contribution in [2.24, 2.45) is 5.73 Å². The van der Waals surface area contributed by atoms with E-state index in [4.69, 9.17) is 15.2 Å². The number of benzene rings is 3. The van der Waals surface area contributed by atoms with Crippen molar-refractivity contribution in [1.29, 1.82) is 0 Å². The molecule has 0 spiro atoms. The lowest BCUT2D eigenvalue weighted by Crippen LogP contribution is -2.54. The minimum Gasteiger partial charge on any atom is -0.448 e. The molecular formula is C33H36F6N4O4. The number of alkyl halides is 3. The molecule has 0 aromatic heterocycles. The van der Waals surface area contributed by atoms with E-state index in [1.807, 2.05) is 0 Å². The molecular weight excluding hydrogens is 630 g/mol. The molecule has 1 saturated heterocycles. The Kier molecular flexibility index (Phi) is 11.9. The molecule has 1 aliphatic rings. The van der Waals surface area contributed by atoms with Crippen LogP contribution in [-0.2, 0) is 20.7 Å². The molecule has 5 N–H and O–H groups in total. The maximum Gasteiger partial charge on any atom is 0.408 e. The number of nitrogens with two attached hydrogens (primary N) is 1. The third kappa shape index (κ3) is 9.69. The molecule has 1 aliphatic heterocycles. The number of halogens is 6. The highest BCUT2D eigenvalue weighted by Gasteiger charge is 2.38. The second-order valence-corrected chi connectivity index (χ2v) is 11.4. The van der Waals surface area contributed by atoms with Crippen LogP contribution >= 0.6 is 0 Å². The summed E-state index contributed by atoms with van der Waals surface area (Å²) in [6.07, 6.45) is -6.20. The van der Waals surface area contributed by atoms with Crippen LogP contribution in [0.5, 0.6) is 0 Å². The van der Waals surface area contributed by atoms with Crippen molar-refractivity contribution in [2.75, 3.05) is 18.5 Å². The Morgan fingerprint density at radius 3 is 2.15 bits per heavy atom. The van der Waals surface area contributed by atoms with Gasteiger partial charge < -0.3 is 31.2 Å². The number of amides is 2. The highest BCUT2D eigenvalue weighted by atomic mass is 19.4. The van der Waals surface area contributed by atoms with Gasteiger partial charge in [0.1, 0.15) is 30.1 Å². The third-order valence-electron chi connectivity index (χ3n) is 8.01. The van der Waals surface area contributed by atoms with Gasteiger partial charge in [-0.05, 0) is 74.2 Å². The van der Waals surface area contributed by atoms with Gasteiger partial charge in [-0.25, -0.2) is 18.0 Å². The first-order chi connectivity index (χ1) is 22.2. The zero-order valence-electron chi connectivity index (χ0n) is 25.6. The summed E-state index contributed by atoms with van der Waals surface area (Å²) >= 11 is 0. The summed E-state index contributed by atoms with van der Waals surface area (Å²) in [6, 6.07) is 11.3. The molecule has 4 rings (SSSR count). The van der Waals surface area contributed by atoms with Crippen molar-refractivity contribution in [3.63, 3.8) is 0 Å². The molecule has 47 heavy (non-hydrogen) atoms. The highest BCUT2D eigenvalue weighted by Crippen LogP contribution is 2.30. The number of ether oxygens (including phenoxy) is 2. The smallest absolute Gasteiger partial charge is 0.408 e. The van der Waals surface area contributed by atoms with Crippen molar-refractivity contribution in [2.45, 2.75) is 69.1 Å². The van der Waals surface area contributed by atoms with Crippen LogP contribution in [0.1, 0.15) is 42.9 Å².